The molecule has 0 aliphatic carbocycles. The highest BCUT2D eigenvalue weighted by atomic mass is 16.5. The van der Waals surface area contributed by atoms with Crippen molar-refractivity contribution in [2.45, 2.75) is 13.5 Å². The Bertz CT molecular complexity index is 440. The van der Waals surface area contributed by atoms with Crippen molar-refractivity contribution >= 4 is 11.9 Å². The second kappa shape index (κ2) is 7.11. The zero-order valence-corrected chi connectivity index (χ0v) is 10.1. The predicted molar refractivity (Wildman–Crippen MR) is 65.1 cm³/mol. The van der Waals surface area contributed by atoms with Crippen LogP contribution in [0.3, 0.4) is 0 Å². The maximum Gasteiger partial charge on any atom is 0.354 e. The minimum absolute atomic E-state index is 0.108. The van der Waals surface area contributed by atoms with Gasteiger partial charge < -0.3 is 15.2 Å². The number of nitrogens with two attached hydrogens (primary N) is 1. The summed E-state index contributed by atoms with van der Waals surface area (Å²) >= 11 is 0. The molecule has 0 fully saturated rings. The van der Waals surface area contributed by atoms with E-state index in [0.29, 0.717) is 0 Å². The van der Waals surface area contributed by atoms with E-state index in [0.717, 1.165) is 11.6 Å². The lowest BCUT2D eigenvalue weighted by atomic mass is 10.2. The Labute approximate surface area is 105 Å². The van der Waals surface area contributed by atoms with Crippen LogP contribution in [0.1, 0.15) is 12.5 Å². The van der Waals surface area contributed by atoms with E-state index in [9.17, 15) is 9.59 Å². The number of carbonyl (C=O) groups excluding carboxylic acids is 2. The molecule has 1 aromatic carbocycles. The molecule has 0 heterocycles. The van der Waals surface area contributed by atoms with Gasteiger partial charge in [-0.05, 0) is 12.5 Å². The summed E-state index contributed by atoms with van der Waals surface area (Å²) < 4.78 is 9.55. The molecular weight excluding hydrogens is 234 g/mol. The molecule has 18 heavy (non-hydrogen) atoms. The van der Waals surface area contributed by atoms with Crippen LogP contribution in [0, 0.1) is 0 Å². The van der Waals surface area contributed by atoms with E-state index in [1.165, 1.54) is 0 Å². The van der Waals surface area contributed by atoms with Gasteiger partial charge in [-0.15, -0.1) is 0 Å². The van der Waals surface area contributed by atoms with Crippen LogP contribution in [0.25, 0.3) is 0 Å². The molecule has 0 aliphatic rings. The summed E-state index contributed by atoms with van der Waals surface area (Å²) in [6.07, 6.45) is 0.914. The standard InChI is InChI=1S/C13H15NO4/c1-2-17-12(15)8-11(14)13(16)18-9-10-6-4-3-5-7-10/h3-8H,2,9,14H2,1H3/b11-8-. The molecular formula is C13H15NO4. The Kier molecular flexibility index (Phi) is 5.44. The van der Waals surface area contributed by atoms with Gasteiger partial charge in [0.2, 0.25) is 0 Å². The fourth-order valence-corrected chi connectivity index (χ4v) is 1.18. The molecule has 0 aromatic heterocycles. The van der Waals surface area contributed by atoms with Crippen LogP contribution in [0.5, 0.6) is 0 Å². The minimum Gasteiger partial charge on any atom is -0.463 e. The molecule has 0 unspecified atom stereocenters. The molecule has 0 radical (unpaired) electrons. The van der Waals surface area contributed by atoms with Crippen LogP contribution in [0.15, 0.2) is 42.1 Å². The second-order valence-corrected chi connectivity index (χ2v) is 3.41. The number of ether oxygens (including phenoxy) is 2. The van der Waals surface area contributed by atoms with E-state index < -0.39 is 11.9 Å². The van der Waals surface area contributed by atoms with E-state index >= 15 is 0 Å². The first kappa shape index (κ1) is 13.8. The van der Waals surface area contributed by atoms with E-state index in [-0.39, 0.29) is 18.9 Å². The Hall–Kier alpha value is -2.30. The lowest BCUT2D eigenvalue weighted by Gasteiger charge is -2.04. The van der Waals surface area contributed by atoms with Gasteiger partial charge in [-0.25, -0.2) is 9.59 Å². The van der Waals surface area contributed by atoms with Gasteiger partial charge in [0, 0.05) is 0 Å². The Morgan fingerprint density at radius 3 is 2.50 bits per heavy atom. The fourth-order valence-electron chi connectivity index (χ4n) is 1.18. The van der Waals surface area contributed by atoms with Crippen molar-refractivity contribution in [2.24, 2.45) is 5.73 Å². The number of hydrogen-bond donors (Lipinski definition) is 1. The first-order valence-electron chi connectivity index (χ1n) is 5.48. The smallest absolute Gasteiger partial charge is 0.354 e. The molecule has 96 valence electrons. The molecule has 0 aliphatic heterocycles. The summed E-state index contributed by atoms with van der Waals surface area (Å²) in [6.45, 7) is 1.99. The average molecular weight is 249 g/mol. The fraction of sp³-hybridized carbons (Fsp3) is 0.231. The first-order chi connectivity index (χ1) is 8.63. The quantitative estimate of drug-likeness (QED) is 0.625. The molecule has 0 spiro atoms. The molecule has 2 N–H and O–H groups in total. The van der Waals surface area contributed by atoms with Crippen molar-refractivity contribution in [2.75, 3.05) is 6.61 Å². The van der Waals surface area contributed by atoms with Crippen LogP contribution < -0.4 is 5.73 Å². The SMILES string of the molecule is CCOC(=O)/C=C(\N)C(=O)OCc1ccccc1. The monoisotopic (exact) mass is 249 g/mol. The number of rotatable bonds is 5. The molecule has 0 bridgehead atoms. The lowest BCUT2D eigenvalue weighted by Crippen LogP contribution is -2.17. The van der Waals surface area contributed by atoms with Gasteiger partial charge in [0.05, 0.1) is 12.7 Å². The van der Waals surface area contributed by atoms with Crippen molar-refractivity contribution in [1.82, 2.24) is 0 Å². The van der Waals surface area contributed by atoms with E-state index in [2.05, 4.69) is 4.74 Å². The Morgan fingerprint density at radius 1 is 1.22 bits per heavy atom. The molecule has 0 amide bonds. The van der Waals surface area contributed by atoms with Crippen molar-refractivity contribution in [1.29, 1.82) is 0 Å². The largest absolute Gasteiger partial charge is 0.463 e. The predicted octanol–water partition coefficient (Wildman–Crippen LogP) is 1.14. The second-order valence-electron chi connectivity index (χ2n) is 3.41. The van der Waals surface area contributed by atoms with Gasteiger partial charge in [-0.2, -0.15) is 0 Å². The molecule has 1 rings (SSSR count). The number of carbonyl (C=O) groups is 2. The summed E-state index contributed by atoms with van der Waals surface area (Å²) in [5.74, 6) is -1.40. The van der Waals surface area contributed by atoms with E-state index in [1.807, 2.05) is 30.3 Å². The summed E-state index contributed by atoms with van der Waals surface area (Å²) in [5.41, 5.74) is 5.97. The summed E-state index contributed by atoms with van der Waals surface area (Å²) in [7, 11) is 0. The summed E-state index contributed by atoms with van der Waals surface area (Å²) in [4.78, 5) is 22.5. The topological polar surface area (TPSA) is 78.6 Å². The average Bonchev–Trinajstić information content (AvgIpc) is 2.37. The van der Waals surface area contributed by atoms with Gasteiger partial charge in [-0.1, -0.05) is 30.3 Å². The number of esters is 2. The molecule has 5 nitrogen and oxygen atoms in total. The molecule has 0 saturated heterocycles. The Morgan fingerprint density at radius 2 is 1.89 bits per heavy atom. The van der Waals surface area contributed by atoms with Crippen LogP contribution >= 0.6 is 0 Å². The van der Waals surface area contributed by atoms with Crippen molar-refractivity contribution in [3.05, 3.63) is 47.7 Å². The van der Waals surface area contributed by atoms with Crippen LogP contribution in [-0.2, 0) is 25.7 Å². The van der Waals surface area contributed by atoms with Gasteiger partial charge in [0.1, 0.15) is 12.3 Å². The van der Waals surface area contributed by atoms with Crippen molar-refractivity contribution in [3.63, 3.8) is 0 Å². The Balaban J connectivity index is 2.48. The van der Waals surface area contributed by atoms with Crippen LogP contribution in [0.2, 0.25) is 0 Å². The highest BCUT2D eigenvalue weighted by Crippen LogP contribution is 2.02. The van der Waals surface area contributed by atoms with E-state index in [4.69, 9.17) is 10.5 Å². The summed E-state index contributed by atoms with van der Waals surface area (Å²) in [5, 5.41) is 0. The normalized spacial score (nSPS) is 10.8. The van der Waals surface area contributed by atoms with Gasteiger partial charge in [0.15, 0.2) is 0 Å². The third-order valence-corrected chi connectivity index (χ3v) is 2.01. The van der Waals surface area contributed by atoms with E-state index in [1.54, 1.807) is 6.92 Å². The highest BCUT2D eigenvalue weighted by molar-refractivity contribution is 5.95. The minimum atomic E-state index is -0.744. The molecule has 5 heteroatoms. The number of hydrogen-bond acceptors (Lipinski definition) is 5. The summed E-state index contributed by atoms with van der Waals surface area (Å²) in [6, 6.07) is 9.17. The lowest BCUT2D eigenvalue weighted by molar-refractivity contribution is -0.142. The van der Waals surface area contributed by atoms with Gasteiger partial charge >= 0.3 is 11.9 Å². The van der Waals surface area contributed by atoms with Crippen molar-refractivity contribution < 1.29 is 19.1 Å². The van der Waals surface area contributed by atoms with Crippen molar-refractivity contribution in [3.8, 4) is 0 Å². The molecule has 1 aromatic rings. The zero-order valence-electron chi connectivity index (χ0n) is 10.1. The maximum atomic E-state index is 11.4. The van der Waals surface area contributed by atoms with Crippen LogP contribution in [0.4, 0.5) is 0 Å². The zero-order chi connectivity index (χ0) is 13.4. The maximum absolute atomic E-state index is 11.4. The third-order valence-electron chi connectivity index (χ3n) is 2.01. The van der Waals surface area contributed by atoms with Crippen LogP contribution in [-0.4, -0.2) is 18.5 Å². The molecule has 0 saturated carbocycles. The third kappa shape index (κ3) is 4.69. The van der Waals surface area contributed by atoms with Gasteiger partial charge in [0.25, 0.3) is 0 Å². The highest BCUT2D eigenvalue weighted by Gasteiger charge is 2.09. The molecule has 0 atom stereocenters. The number of benzene rings is 1. The van der Waals surface area contributed by atoms with Gasteiger partial charge in [-0.3, -0.25) is 0 Å². The first-order valence-corrected chi connectivity index (χ1v) is 5.48.